The van der Waals surface area contributed by atoms with Crippen molar-refractivity contribution in [1.29, 1.82) is 0 Å². The smallest absolute Gasteiger partial charge is 0.335 e. The minimum absolute atomic E-state index is 0.0369. The molecule has 2 N–H and O–H groups in total. The lowest BCUT2D eigenvalue weighted by Crippen LogP contribution is -2.32. The highest BCUT2D eigenvalue weighted by atomic mass is 79.9. The SMILES string of the molecule is CCCCC(C)NS(=O)(=O)c1ccc(C(=O)O)cc1Br. The Morgan fingerprint density at radius 2 is 2.10 bits per heavy atom. The molecule has 1 unspecified atom stereocenters. The number of carboxylic acid groups (broad SMARTS) is 1. The molecular formula is C13H18BrNO4S. The van der Waals surface area contributed by atoms with Gasteiger partial charge < -0.3 is 5.11 Å². The van der Waals surface area contributed by atoms with Crippen LogP contribution in [-0.2, 0) is 10.0 Å². The summed E-state index contributed by atoms with van der Waals surface area (Å²) in [7, 11) is -3.65. The molecule has 1 aromatic carbocycles. The Bertz CT molecular complexity index is 586. The molecule has 0 aliphatic carbocycles. The van der Waals surface area contributed by atoms with Crippen LogP contribution in [0.2, 0.25) is 0 Å². The molecule has 5 nitrogen and oxygen atoms in total. The number of hydrogen-bond acceptors (Lipinski definition) is 3. The van der Waals surface area contributed by atoms with Crippen molar-refractivity contribution in [3.05, 3.63) is 28.2 Å². The zero-order valence-corrected chi connectivity index (χ0v) is 13.8. The predicted molar refractivity (Wildman–Crippen MR) is 80.4 cm³/mol. The van der Waals surface area contributed by atoms with Gasteiger partial charge in [0.25, 0.3) is 0 Å². The van der Waals surface area contributed by atoms with E-state index in [2.05, 4.69) is 20.7 Å². The third kappa shape index (κ3) is 4.57. The van der Waals surface area contributed by atoms with E-state index in [1.165, 1.54) is 18.2 Å². The average Bonchev–Trinajstić information content (AvgIpc) is 2.35. The zero-order valence-electron chi connectivity index (χ0n) is 11.4. The molecule has 0 saturated carbocycles. The minimum atomic E-state index is -3.65. The maximum absolute atomic E-state index is 12.2. The summed E-state index contributed by atoms with van der Waals surface area (Å²) in [6.07, 6.45) is 2.71. The fourth-order valence-electron chi connectivity index (χ4n) is 1.75. The molecule has 0 saturated heterocycles. The van der Waals surface area contributed by atoms with Crippen LogP contribution in [-0.4, -0.2) is 25.5 Å². The topological polar surface area (TPSA) is 83.5 Å². The molecule has 0 aromatic heterocycles. The van der Waals surface area contributed by atoms with Crippen molar-refractivity contribution in [2.24, 2.45) is 0 Å². The molecule has 20 heavy (non-hydrogen) atoms. The van der Waals surface area contributed by atoms with Gasteiger partial charge in [0, 0.05) is 10.5 Å². The first kappa shape index (κ1) is 17.1. The van der Waals surface area contributed by atoms with Crippen LogP contribution in [0, 0.1) is 0 Å². The van der Waals surface area contributed by atoms with Crippen molar-refractivity contribution >= 4 is 31.9 Å². The van der Waals surface area contributed by atoms with E-state index < -0.39 is 16.0 Å². The number of benzene rings is 1. The van der Waals surface area contributed by atoms with Gasteiger partial charge in [0.15, 0.2) is 0 Å². The Labute approximate surface area is 127 Å². The van der Waals surface area contributed by atoms with E-state index in [0.717, 1.165) is 19.3 Å². The van der Waals surface area contributed by atoms with E-state index in [9.17, 15) is 13.2 Å². The quantitative estimate of drug-likeness (QED) is 0.779. The maximum atomic E-state index is 12.2. The van der Waals surface area contributed by atoms with Crippen molar-refractivity contribution < 1.29 is 18.3 Å². The maximum Gasteiger partial charge on any atom is 0.335 e. The molecule has 0 heterocycles. The molecule has 112 valence electrons. The summed E-state index contributed by atoms with van der Waals surface area (Å²) in [6.45, 7) is 3.86. The Morgan fingerprint density at radius 1 is 1.45 bits per heavy atom. The van der Waals surface area contributed by atoms with Gasteiger partial charge >= 0.3 is 5.97 Å². The van der Waals surface area contributed by atoms with Gasteiger partial charge in [-0.1, -0.05) is 19.8 Å². The van der Waals surface area contributed by atoms with Gasteiger partial charge in [0.2, 0.25) is 10.0 Å². The first-order valence-electron chi connectivity index (χ1n) is 6.33. The summed E-state index contributed by atoms with van der Waals surface area (Å²) in [4.78, 5) is 10.9. The molecular weight excluding hydrogens is 346 g/mol. The number of halogens is 1. The number of hydrogen-bond donors (Lipinski definition) is 2. The lowest BCUT2D eigenvalue weighted by Gasteiger charge is -2.14. The molecule has 1 rings (SSSR count). The van der Waals surface area contributed by atoms with Gasteiger partial charge in [-0.05, 0) is 47.5 Å². The van der Waals surface area contributed by atoms with Crippen molar-refractivity contribution in [3.8, 4) is 0 Å². The van der Waals surface area contributed by atoms with Crippen LogP contribution < -0.4 is 4.72 Å². The number of sulfonamides is 1. The van der Waals surface area contributed by atoms with E-state index in [4.69, 9.17) is 5.11 Å². The normalized spacial score (nSPS) is 13.2. The van der Waals surface area contributed by atoms with Crippen LogP contribution >= 0.6 is 15.9 Å². The Hall–Kier alpha value is -0.920. The molecule has 0 amide bonds. The highest BCUT2D eigenvalue weighted by molar-refractivity contribution is 9.10. The third-order valence-electron chi connectivity index (χ3n) is 2.82. The van der Waals surface area contributed by atoms with Crippen LogP contribution in [0.25, 0.3) is 0 Å². The van der Waals surface area contributed by atoms with Crippen LogP contribution in [0.5, 0.6) is 0 Å². The Morgan fingerprint density at radius 3 is 2.60 bits per heavy atom. The van der Waals surface area contributed by atoms with Gasteiger partial charge in [-0.2, -0.15) is 0 Å². The van der Waals surface area contributed by atoms with Gasteiger partial charge in [0.05, 0.1) is 10.5 Å². The standard InChI is InChI=1S/C13H18BrNO4S/c1-3-4-5-9(2)15-20(18,19)12-7-6-10(13(16)17)8-11(12)14/h6-9,15H,3-5H2,1-2H3,(H,16,17). The Kier molecular flexibility index (Phi) is 6.16. The van der Waals surface area contributed by atoms with E-state index in [1.807, 2.05) is 13.8 Å². The van der Waals surface area contributed by atoms with Crippen molar-refractivity contribution in [3.63, 3.8) is 0 Å². The number of unbranched alkanes of at least 4 members (excludes halogenated alkanes) is 1. The lowest BCUT2D eigenvalue weighted by atomic mass is 10.2. The molecule has 0 aliphatic heterocycles. The number of aromatic carboxylic acids is 1. The first-order valence-corrected chi connectivity index (χ1v) is 8.60. The van der Waals surface area contributed by atoms with Gasteiger partial charge in [-0.25, -0.2) is 17.9 Å². The second-order valence-corrected chi connectivity index (χ2v) is 7.15. The highest BCUT2D eigenvalue weighted by Gasteiger charge is 2.21. The van der Waals surface area contributed by atoms with Gasteiger partial charge in [-0.3, -0.25) is 0 Å². The molecule has 0 bridgehead atoms. The summed E-state index contributed by atoms with van der Waals surface area (Å²) in [6, 6.07) is 3.69. The molecule has 0 fully saturated rings. The number of carboxylic acids is 1. The predicted octanol–water partition coefficient (Wildman–Crippen LogP) is 3.00. The summed E-state index contributed by atoms with van der Waals surface area (Å²) in [5.41, 5.74) is 0.0369. The number of nitrogens with one attached hydrogen (secondary N) is 1. The fraction of sp³-hybridized carbons (Fsp3) is 0.462. The summed E-state index contributed by atoms with van der Waals surface area (Å²) in [5.74, 6) is -1.10. The third-order valence-corrected chi connectivity index (χ3v) is 5.38. The molecule has 0 spiro atoms. The van der Waals surface area contributed by atoms with Crippen molar-refractivity contribution in [2.45, 2.75) is 44.0 Å². The fourth-order valence-corrected chi connectivity index (χ4v) is 4.10. The molecule has 0 aliphatic rings. The molecule has 1 atom stereocenters. The lowest BCUT2D eigenvalue weighted by molar-refractivity contribution is 0.0696. The first-order chi connectivity index (χ1) is 9.27. The minimum Gasteiger partial charge on any atom is -0.478 e. The van der Waals surface area contributed by atoms with Crippen molar-refractivity contribution in [1.82, 2.24) is 4.72 Å². The molecule has 7 heteroatoms. The monoisotopic (exact) mass is 363 g/mol. The average molecular weight is 364 g/mol. The second-order valence-electron chi connectivity index (χ2n) is 4.61. The summed E-state index contributed by atoms with van der Waals surface area (Å²) in [5, 5.41) is 8.86. The van der Waals surface area contributed by atoms with E-state index in [0.29, 0.717) is 0 Å². The highest BCUT2D eigenvalue weighted by Crippen LogP contribution is 2.23. The van der Waals surface area contributed by atoms with Crippen LogP contribution in [0.3, 0.4) is 0 Å². The van der Waals surface area contributed by atoms with Gasteiger partial charge in [0.1, 0.15) is 0 Å². The largest absolute Gasteiger partial charge is 0.478 e. The zero-order chi connectivity index (χ0) is 15.3. The van der Waals surface area contributed by atoms with Crippen LogP contribution in [0.15, 0.2) is 27.6 Å². The summed E-state index contributed by atoms with van der Waals surface area (Å²) < 4.78 is 27.3. The van der Waals surface area contributed by atoms with E-state index in [-0.39, 0.29) is 21.0 Å². The summed E-state index contributed by atoms with van der Waals surface area (Å²) >= 11 is 3.11. The van der Waals surface area contributed by atoms with Gasteiger partial charge in [-0.15, -0.1) is 0 Å². The van der Waals surface area contributed by atoms with E-state index in [1.54, 1.807) is 0 Å². The molecule has 0 radical (unpaired) electrons. The van der Waals surface area contributed by atoms with Crippen LogP contribution in [0.1, 0.15) is 43.5 Å². The Balaban J connectivity index is 2.95. The second kappa shape index (κ2) is 7.19. The number of carbonyl (C=O) groups is 1. The van der Waals surface area contributed by atoms with E-state index >= 15 is 0 Å². The molecule has 1 aromatic rings. The number of rotatable bonds is 7. The van der Waals surface area contributed by atoms with Crippen molar-refractivity contribution in [2.75, 3.05) is 0 Å². The van der Waals surface area contributed by atoms with Crippen LogP contribution in [0.4, 0.5) is 0 Å².